The zero-order chi connectivity index (χ0) is 11.3. The van der Waals surface area contributed by atoms with Crippen LogP contribution in [0, 0.1) is 5.82 Å². The summed E-state index contributed by atoms with van der Waals surface area (Å²) in [5.41, 5.74) is 0.472. The minimum absolute atomic E-state index is 0.245. The van der Waals surface area contributed by atoms with E-state index >= 15 is 0 Å². The Labute approximate surface area is 94.7 Å². The number of nitrogens with one attached hydrogen (secondary N) is 1. The molecule has 3 nitrogen and oxygen atoms in total. The number of hydrogen-bond donors (Lipinski definition) is 2. The molecule has 1 rings (SSSR count). The van der Waals surface area contributed by atoms with Crippen LogP contribution in [-0.4, -0.2) is 11.1 Å². The lowest BCUT2D eigenvalue weighted by atomic mass is 10.2. The third kappa shape index (κ3) is 4.12. The maximum Gasteiger partial charge on any atom is 0.329 e. The molecule has 0 bridgehead atoms. The van der Waals surface area contributed by atoms with E-state index in [1.165, 1.54) is 12.3 Å². The van der Waals surface area contributed by atoms with Crippen LogP contribution < -0.4 is 5.32 Å². The highest BCUT2D eigenvalue weighted by atomic mass is 79.9. The summed E-state index contributed by atoms with van der Waals surface area (Å²) in [6, 6.07) is 4.59. The summed E-state index contributed by atoms with van der Waals surface area (Å²) in [7, 11) is 0. The van der Waals surface area contributed by atoms with Gasteiger partial charge in [0.25, 0.3) is 0 Å². The summed E-state index contributed by atoms with van der Waals surface area (Å²) in [5, 5.41) is 11.0. The minimum Gasteiger partial charge on any atom is -0.478 e. The third-order valence-corrected chi connectivity index (χ3v) is 2.14. The highest BCUT2D eigenvalue weighted by Crippen LogP contribution is 2.15. The molecule has 0 radical (unpaired) electrons. The van der Waals surface area contributed by atoms with E-state index in [2.05, 4.69) is 21.2 Å². The van der Waals surface area contributed by atoms with Gasteiger partial charge >= 0.3 is 5.97 Å². The standard InChI is InChI=1S/C10H9BrFNO2/c11-8-1-2-9(12)7(5-8)6-13-4-3-10(14)15/h1-5,13H,6H2,(H,14,15)/b4-3+. The Morgan fingerprint density at radius 1 is 1.60 bits per heavy atom. The molecule has 1 aromatic carbocycles. The van der Waals surface area contributed by atoms with E-state index in [1.807, 2.05) is 0 Å². The fraction of sp³-hybridized carbons (Fsp3) is 0.100. The summed E-state index contributed by atoms with van der Waals surface area (Å²) >= 11 is 3.22. The number of rotatable bonds is 4. The largest absolute Gasteiger partial charge is 0.478 e. The molecule has 0 fully saturated rings. The predicted octanol–water partition coefficient (Wildman–Crippen LogP) is 2.28. The fourth-order valence-electron chi connectivity index (χ4n) is 0.978. The molecular formula is C10H9BrFNO2. The lowest BCUT2D eigenvalue weighted by Crippen LogP contribution is -2.07. The molecule has 5 heteroatoms. The van der Waals surface area contributed by atoms with Crippen molar-refractivity contribution in [2.24, 2.45) is 0 Å². The van der Waals surface area contributed by atoms with E-state index in [9.17, 15) is 9.18 Å². The molecule has 15 heavy (non-hydrogen) atoms. The van der Waals surface area contributed by atoms with Crippen LogP contribution in [0.25, 0.3) is 0 Å². The van der Waals surface area contributed by atoms with Gasteiger partial charge in [0.15, 0.2) is 0 Å². The van der Waals surface area contributed by atoms with Gasteiger partial charge in [-0.2, -0.15) is 0 Å². The molecule has 0 aliphatic carbocycles. The molecule has 2 N–H and O–H groups in total. The minimum atomic E-state index is -1.04. The molecule has 0 aliphatic heterocycles. The topological polar surface area (TPSA) is 49.3 Å². The molecule has 0 aromatic heterocycles. The van der Waals surface area contributed by atoms with Crippen molar-refractivity contribution in [2.45, 2.75) is 6.54 Å². The zero-order valence-corrected chi connectivity index (χ0v) is 9.29. The predicted molar refractivity (Wildman–Crippen MR) is 57.7 cm³/mol. The first-order chi connectivity index (χ1) is 7.09. The van der Waals surface area contributed by atoms with Gasteiger partial charge in [-0.3, -0.25) is 0 Å². The molecule has 1 aromatic rings. The summed E-state index contributed by atoms with van der Waals surface area (Å²) in [5.74, 6) is -1.37. The number of carboxylic acids is 1. The third-order valence-electron chi connectivity index (χ3n) is 1.64. The summed E-state index contributed by atoms with van der Waals surface area (Å²) in [6.45, 7) is 0.245. The lowest BCUT2D eigenvalue weighted by molar-refractivity contribution is -0.131. The maximum absolute atomic E-state index is 13.2. The van der Waals surface area contributed by atoms with E-state index in [-0.39, 0.29) is 12.4 Å². The molecule has 0 spiro atoms. The number of aliphatic carboxylic acids is 1. The molecule has 0 amide bonds. The Morgan fingerprint density at radius 2 is 2.33 bits per heavy atom. The smallest absolute Gasteiger partial charge is 0.329 e. The Hall–Kier alpha value is -1.36. The van der Waals surface area contributed by atoms with Crippen LogP contribution in [0.1, 0.15) is 5.56 Å². The zero-order valence-electron chi connectivity index (χ0n) is 7.71. The molecule has 0 unspecified atom stereocenters. The Kier molecular flexibility index (Phi) is 4.30. The summed E-state index contributed by atoms with van der Waals surface area (Å²) < 4.78 is 13.9. The van der Waals surface area contributed by atoms with Crippen LogP contribution in [0.5, 0.6) is 0 Å². The highest BCUT2D eigenvalue weighted by Gasteiger charge is 2.00. The lowest BCUT2D eigenvalue weighted by Gasteiger charge is -2.03. The Balaban J connectivity index is 2.57. The van der Waals surface area contributed by atoms with Gasteiger partial charge in [-0.15, -0.1) is 0 Å². The van der Waals surface area contributed by atoms with Gasteiger partial charge in [-0.25, -0.2) is 9.18 Å². The van der Waals surface area contributed by atoms with Crippen molar-refractivity contribution in [1.82, 2.24) is 5.32 Å². The van der Waals surface area contributed by atoms with Crippen molar-refractivity contribution in [2.75, 3.05) is 0 Å². The van der Waals surface area contributed by atoms with Gasteiger partial charge in [0.05, 0.1) is 0 Å². The average Bonchev–Trinajstić information content (AvgIpc) is 2.17. The molecule has 0 saturated carbocycles. The van der Waals surface area contributed by atoms with Gasteiger partial charge < -0.3 is 10.4 Å². The van der Waals surface area contributed by atoms with Gasteiger partial charge in [0, 0.05) is 28.9 Å². The second kappa shape index (κ2) is 5.50. The Morgan fingerprint density at radius 3 is 3.00 bits per heavy atom. The van der Waals surface area contributed by atoms with Crippen molar-refractivity contribution in [3.63, 3.8) is 0 Å². The van der Waals surface area contributed by atoms with Gasteiger partial charge in [0.1, 0.15) is 5.82 Å². The van der Waals surface area contributed by atoms with E-state index in [1.54, 1.807) is 12.1 Å². The van der Waals surface area contributed by atoms with Crippen molar-refractivity contribution in [1.29, 1.82) is 0 Å². The van der Waals surface area contributed by atoms with E-state index in [4.69, 9.17) is 5.11 Å². The van der Waals surface area contributed by atoms with E-state index < -0.39 is 5.97 Å². The maximum atomic E-state index is 13.2. The molecule has 0 atom stereocenters. The average molecular weight is 274 g/mol. The number of benzene rings is 1. The highest BCUT2D eigenvalue weighted by molar-refractivity contribution is 9.10. The molecule has 0 heterocycles. The first-order valence-electron chi connectivity index (χ1n) is 4.16. The van der Waals surface area contributed by atoms with Crippen LogP contribution in [0.3, 0.4) is 0 Å². The number of halogens is 2. The molecule has 0 aliphatic rings. The second-order valence-electron chi connectivity index (χ2n) is 2.79. The van der Waals surface area contributed by atoms with E-state index in [0.717, 1.165) is 10.5 Å². The van der Waals surface area contributed by atoms with Gasteiger partial charge in [-0.1, -0.05) is 15.9 Å². The second-order valence-corrected chi connectivity index (χ2v) is 3.70. The monoisotopic (exact) mass is 273 g/mol. The number of carboxylic acid groups (broad SMARTS) is 1. The van der Waals surface area contributed by atoms with E-state index in [0.29, 0.717) is 5.56 Å². The quantitative estimate of drug-likeness (QED) is 0.828. The van der Waals surface area contributed by atoms with Crippen LogP contribution in [0.2, 0.25) is 0 Å². The van der Waals surface area contributed by atoms with Crippen molar-refractivity contribution in [3.8, 4) is 0 Å². The van der Waals surface area contributed by atoms with Gasteiger partial charge in [-0.05, 0) is 18.2 Å². The summed E-state index contributed by atoms with van der Waals surface area (Å²) in [4.78, 5) is 10.1. The normalized spacial score (nSPS) is 10.5. The first kappa shape index (κ1) is 11.7. The summed E-state index contributed by atoms with van der Waals surface area (Å²) in [6.07, 6.45) is 2.22. The van der Waals surface area contributed by atoms with Crippen molar-refractivity contribution in [3.05, 3.63) is 46.3 Å². The van der Waals surface area contributed by atoms with Crippen LogP contribution in [-0.2, 0) is 11.3 Å². The molecule has 0 saturated heterocycles. The molecule has 80 valence electrons. The number of hydrogen-bond acceptors (Lipinski definition) is 2. The molecular weight excluding hydrogens is 265 g/mol. The van der Waals surface area contributed by atoms with Crippen molar-refractivity contribution < 1.29 is 14.3 Å². The first-order valence-corrected chi connectivity index (χ1v) is 4.95. The fourth-order valence-corrected chi connectivity index (χ4v) is 1.39. The SMILES string of the molecule is O=C(O)/C=C/NCc1cc(Br)ccc1F. The van der Waals surface area contributed by atoms with Crippen molar-refractivity contribution >= 4 is 21.9 Å². The Bertz CT molecular complexity index is 393. The van der Waals surface area contributed by atoms with Gasteiger partial charge in [0.2, 0.25) is 0 Å². The van der Waals surface area contributed by atoms with Crippen LogP contribution in [0.4, 0.5) is 4.39 Å². The van der Waals surface area contributed by atoms with Crippen LogP contribution in [0.15, 0.2) is 34.9 Å². The van der Waals surface area contributed by atoms with Crippen LogP contribution >= 0.6 is 15.9 Å². The number of carbonyl (C=O) groups is 1.